The lowest BCUT2D eigenvalue weighted by molar-refractivity contribution is -0.121. The standard InChI is InChI=1S/C25H41NO2/c1-16(2)9-12-28-19-14-21-23-17(3)26(6)22-13-18(27)7-11-25(22,5)20(23)8-10-24(21,4)15-19/h13,16-17,19-21,23H,7-12,14-15H2,1-6H3/t17?,19?,20-,21+,23-,24-,25-/m1/s1. The largest absolute Gasteiger partial charge is 0.378 e. The van der Waals surface area contributed by atoms with Crippen LogP contribution >= 0.6 is 0 Å². The molecule has 3 nitrogen and oxygen atoms in total. The Morgan fingerprint density at radius 2 is 2.00 bits per heavy atom. The lowest BCUT2D eigenvalue weighted by atomic mass is 9.49. The molecule has 3 heteroatoms. The molecule has 3 fully saturated rings. The Morgan fingerprint density at radius 3 is 2.71 bits per heavy atom. The highest BCUT2D eigenvalue weighted by Gasteiger charge is 2.61. The van der Waals surface area contributed by atoms with Gasteiger partial charge in [0.25, 0.3) is 0 Å². The molecule has 0 aromatic heterocycles. The third kappa shape index (κ3) is 3.16. The van der Waals surface area contributed by atoms with Crippen LogP contribution in [-0.2, 0) is 9.53 Å². The first-order chi connectivity index (χ1) is 13.2. The number of piperidine rings is 1. The zero-order valence-corrected chi connectivity index (χ0v) is 19.0. The van der Waals surface area contributed by atoms with Gasteiger partial charge in [0.1, 0.15) is 0 Å². The van der Waals surface area contributed by atoms with E-state index in [1.54, 1.807) is 0 Å². The average Bonchev–Trinajstić information content (AvgIpc) is 2.97. The van der Waals surface area contributed by atoms with Gasteiger partial charge in [-0.25, -0.2) is 0 Å². The minimum Gasteiger partial charge on any atom is -0.378 e. The third-order valence-corrected chi connectivity index (χ3v) is 9.25. The maximum Gasteiger partial charge on any atom is 0.157 e. The molecule has 0 N–H and O–H groups in total. The molecule has 2 saturated carbocycles. The summed E-state index contributed by atoms with van der Waals surface area (Å²) in [6.45, 7) is 12.9. The summed E-state index contributed by atoms with van der Waals surface area (Å²) in [6.07, 6.45) is 10.5. The number of nitrogens with zero attached hydrogens (tertiary/aromatic N) is 1. The van der Waals surface area contributed by atoms with E-state index in [9.17, 15) is 4.79 Å². The molecule has 0 spiro atoms. The van der Waals surface area contributed by atoms with Gasteiger partial charge in [-0.05, 0) is 74.5 Å². The summed E-state index contributed by atoms with van der Waals surface area (Å²) >= 11 is 0. The number of carbonyl (C=O) groups is 1. The van der Waals surface area contributed by atoms with Crippen molar-refractivity contribution in [3.63, 3.8) is 0 Å². The second-order valence-corrected chi connectivity index (χ2v) is 11.4. The Hall–Kier alpha value is -0.830. The third-order valence-electron chi connectivity index (χ3n) is 9.25. The average molecular weight is 388 g/mol. The minimum absolute atomic E-state index is 0.178. The van der Waals surface area contributed by atoms with Crippen LogP contribution in [0.3, 0.4) is 0 Å². The number of ketones is 1. The molecule has 1 aliphatic heterocycles. The highest BCUT2D eigenvalue weighted by atomic mass is 16.5. The summed E-state index contributed by atoms with van der Waals surface area (Å²) in [5, 5.41) is 0. The van der Waals surface area contributed by atoms with Gasteiger partial charge in [-0.3, -0.25) is 4.79 Å². The van der Waals surface area contributed by atoms with Crippen LogP contribution in [0.5, 0.6) is 0 Å². The van der Waals surface area contributed by atoms with E-state index >= 15 is 0 Å². The van der Waals surface area contributed by atoms with E-state index in [2.05, 4.69) is 46.6 Å². The zero-order chi connectivity index (χ0) is 20.3. The van der Waals surface area contributed by atoms with Crippen LogP contribution < -0.4 is 0 Å². The summed E-state index contributed by atoms with van der Waals surface area (Å²) in [5.74, 6) is 3.23. The van der Waals surface area contributed by atoms with Gasteiger partial charge >= 0.3 is 0 Å². The van der Waals surface area contributed by atoms with Gasteiger partial charge in [-0.1, -0.05) is 27.7 Å². The molecule has 28 heavy (non-hydrogen) atoms. The Kier molecular flexibility index (Phi) is 5.22. The fourth-order valence-corrected chi connectivity index (χ4v) is 7.46. The number of fused-ring (bicyclic) bond motifs is 5. The normalized spacial score (nSPS) is 45.5. The summed E-state index contributed by atoms with van der Waals surface area (Å²) in [6, 6.07) is 0.509. The molecule has 3 aliphatic carbocycles. The van der Waals surface area contributed by atoms with E-state index in [-0.39, 0.29) is 5.41 Å². The number of rotatable bonds is 4. The predicted octanol–water partition coefficient (Wildman–Crippen LogP) is 5.45. The van der Waals surface area contributed by atoms with Crippen LogP contribution in [-0.4, -0.2) is 36.5 Å². The topological polar surface area (TPSA) is 29.5 Å². The molecule has 4 rings (SSSR count). The summed E-state index contributed by atoms with van der Waals surface area (Å²) < 4.78 is 6.39. The van der Waals surface area contributed by atoms with Crippen LogP contribution in [0.15, 0.2) is 11.8 Å². The van der Waals surface area contributed by atoms with Gasteiger partial charge in [0.05, 0.1) is 6.10 Å². The predicted molar refractivity (Wildman–Crippen MR) is 114 cm³/mol. The van der Waals surface area contributed by atoms with E-state index in [0.717, 1.165) is 37.2 Å². The molecule has 4 aliphatic rings. The van der Waals surface area contributed by atoms with E-state index in [1.807, 2.05) is 6.08 Å². The van der Waals surface area contributed by atoms with Crippen molar-refractivity contribution < 1.29 is 9.53 Å². The van der Waals surface area contributed by atoms with Gasteiger partial charge in [0, 0.05) is 43.3 Å². The highest BCUT2D eigenvalue weighted by molar-refractivity contribution is 5.91. The SMILES string of the molecule is CC(C)CCOC1C[C@H]2[C@@H]3C(C)N(C)C4=CC(=O)CC[C@]4(C)[C@@H]3CC[C@]2(C)C1. The molecular formula is C25H41NO2. The Bertz CT molecular complexity index is 655. The Balaban J connectivity index is 1.58. The zero-order valence-electron chi connectivity index (χ0n) is 19.0. The Morgan fingerprint density at radius 1 is 1.25 bits per heavy atom. The molecule has 0 aromatic carbocycles. The first-order valence-electron chi connectivity index (χ1n) is 11.7. The summed E-state index contributed by atoms with van der Waals surface area (Å²) in [4.78, 5) is 14.6. The first kappa shape index (κ1) is 20.4. The molecule has 1 heterocycles. The van der Waals surface area contributed by atoms with Gasteiger partial charge in [-0.15, -0.1) is 0 Å². The van der Waals surface area contributed by atoms with Crippen molar-refractivity contribution in [1.82, 2.24) is 4.90 Å². The lowest BCUT2D eigenvalue weighted by Gasteiger charge is -2.62. The smallest absolute Gasteiger partial charge is 0.157 e. The molecule has 0 amide bonds. The van der Waals surface area contributed by atoms with Crippen LogP contribution in [0.1, 0.15) is 79.6 Å². The number of hydrogen-bond acceptors (Lipinski definition) is 3. The number of allylic oxidation sites excluding steroid dienone is 2. The van der Waals surface area contributed by atoms with E-state index in [0.29, 0.717) is 29.3 Å². The van der Waals surface area contributed by atoms with E-state index in [1.165, 1.54) is 37.8 Å². The fraction of sp³-hybridized carbons (Fsp3) is 0.880. The van der Waals surface area contributed by atoms with Crippen LogP contribution in [0.4, 0.5) is 0 Å². The van der Waals surface area contributed by atoms with Crippen molar-refractivity contribution >= 4 is 5.78 Å². The molecule has 158 valence electrons. The number of hydrogen-bond donors (Lipinski definition) is 0. The minimum atomic E-state index is 0.178. The molecule has 1 saturated heterocycles. The van der Waals surface area contributed by atoms with E-state index in [4.69, 9.17) is 4.74 Å². The molecule has 0 bridgehead atoms. The van der Waals surface area contributed by atoms with Crippen LogP contribution in [0.25, 0.3) is 0 Å². The van der Waals surface area contributed by atoms with Crippen molar-refractivity contribution in [2.24, 2.45) is 34.5 Å². The molecule has 2 unspecified atom stereocenters. The van der Waals surface area contributed by atoms with Crippen molar-refractivity contribution in [3.05, 3.63) is 11.8 Å². The van der Waals surface area contributed by atoms with Crippen LogP contribution in [0.2, 0.25) is 0 Å². The monoisotopic (exact) mass is 387 g/mol. The van der Waals surface area contributed by atoms with Crippen molar-refractivity contribution in [3.8, 4) is 0 Å². The van der Waals surface area contributed by atoms with Gasteiger partial charge < -0.3 is 9.64 Å². The molecular weight excluding hydrogens is 346 g/mol. The molecule has 7 atom stereocenters. The maximum absolute atomic E-state index is 12.2. The second kappa shape index (κ2) is 7.15. The van der Waals surface area contributed by atoms with Crippen molar-refractivity contribution in [2.75, 3.05) is 13.7 Å². The van der Waals surface area contributed by atoms with Gasteiger partial charge in [0.2, 0.25) is 0 Å². The highest BCUT2D eigenvalue weighted by Crippen LogP contribution is 2.65. The fourth-order valence-electron chi connectivity index (χ4n) is 7.46. The maximum atomic E-state index is 12.2. The number of likely N-dealkylation sites (tertiary alicyclic amines) is 1. The number of ether oxygens (including phenoxy) is 1. The first-order valence-corrected chi connectivity index (χ1v) is 11.7. The molecule has 0 radical (unpaired) electrons. The Labute approximate surface area is 172 Å². The van der Waals surface area contributed by atoms with Crippen molar-refractivity contribution in [2.45, 2.75) is 91.7 Å². The summed E-state index contributed by atoms with van der Waals surface area (Å²) in [7, 11) is 2.24. The quantitative estimate of drug-likeness (QED) is 0.642. The van der Waals surface area contributed by atoms with Gasteiger partial charge in [0.15, 0.2) is 5.78 Å². The van der Waals surface area contributed by atoms with E-state index < -0.39 is 0 Å². The summed E-state index contributed by atoms with van der Waals surface area (Å²) in [5.41, 5.74) is 1.93. The second-order valence-electron chi connectivity index (χ2n) is 11.4. The van der Waals surface area contributed by atoms with Crippen LogP contribution in [0, 0.1) is 34.5 Å². The number of carbonyl (C=O) groups excluding carboxylic acids is 1. The lowest BCUT2D eigenvalue weighted by Crippen LogP contribution is -2.60. The van der Waals surface area contributed by atoms with Gasteiger partial charge in [-0.2, -0.15) is 0 Å². The van der Waals surface area contributed by atoms with Crippen molar-refractivity contribution in [1.29, 1.82) is 0 Å². The molecule has 0 aromatic rings.